The fraction of sp³-hybridized carbons (Fsp3) is 0.818. The highest BCUT2D eigenvalue weighted by Crippen LogP contribution is 2.67. The van der Waals surface area contributed by atoms with Crippen LogP contribution >= 0.6 is 0 Å². The Hall–Kier alpha value is -0.960. The zero-order valence-corrected chi connectivity index (χ0v) is 15.9. The first-order chi connectivity index (χ1) is 11.8. The van der Waals surface area contributed by atoms with Gasteiger partial charge in [-0.15, -0.1) is 0 Å². The predicted molar refractivity (Wildman–Crippen MR) is 96.8 cm³/mol. The summed E-state index contributed by atoms with van der Waals surface area (Å²) in [6.45, 7) is 6.73. The first-order valence-corrected chi connectivity index (χ1v) is 10.2. The van der Waals surface area contributed by atoms with Crippen molar-refractivity contribution >= 4 is 11.6 Å². The molecule has 25 heavy (non-hydrogen) atoms. The highest BCUT2D eigenvalue weighted by Gasteiger charge is 2.60. The van der Waals surface area contributed by atoms with Gasteiger partial charge in [0.1, 0.15) is 6.61 Å². The van der Waals surface area contributed by atoms with E-state index in [2.05, 4.69) is 20.8 Å². The third kappa shape index (κ3) is 2.34. The molecule has 0 aromatic rings. The average Bonchev–Trinajstić information content (AvgIpc) is 2.93. The van der Waals surface area contributed by atoms with E-state index < -0.39 is 0 Å². The maximum absolute atomic E-state index is 12.3. The van der Waals surface area contributed by atoms with Crippen LogP contribution in [0.5, 0.6) is 0 Å². The van der Waals surface area contributed by atoms with Crippen LogP contribution in [0.25, 0.3) is 0 Å². The van der Waals surface area contributed by atoms with Crippen molar-refractivity contribution in [2.45, 2.75) is 65.7 Å². The molecule has 3 nitrogen and oxygen atoms in total. The summed E-state index contributed by atoms with van der Waals surface area (Å²) in [6, 6.07) is 0. The lowest BCUT2D eigenvalue weighted by Gasteiger charge is -2.59. The van der Waals surface area contributed by atoms with Crippen molar-refractivity contribution in [3.8, 4) is 0 Å². The molecule has 4 aliphatic rings. The standard InChI is InChI=1S/C22H32O3/c1-13-10-15-16-4-5-18(20(25)12-23)21(16,2)9-7-17(15)22(3)8-6-14(24)11-19(13)22/h11,13,15-18,23H,4-10,12H2,1-3H3/t13-,15-,16-,17-,18+,21-,22+/m0/s1. The van der Waals surface area contributed by atoms with Gasteiger partial charge < -0.3 is 5.11 Å². The third-order valence-corrected chi connectivity index (χ3v) is 8.82. The molecule has 0 aromatic heterocycles. The van der Waals surface area contributed by atoms with Crippen LogP contribution < -0.4 is 0 Å². The van der Waals surface area contributed by atoms with E-state index in [0.29, 0.717) is 35.9 Å². The minimum atomic E-state index is -0.301. The van der Waals surface area contributed by atoms with Crippen molar-refractivity contribution in [3.05, 3.63) is 11.6 Å². The number of hydrogen-bond donors (Lipinski definition) is 1. The molecular weight excluding hydrogens is 312 g/mol. The second-order valence-electron chi connectivity index (χ2n) is 9.80. The fourth-order valence-electron chi connectivity index (χ4n) is 7.62. The second-order valence-corrected chi connectivity index (χ2v) is 9.80. The Bertz CT molecular complexity index is 635. The summed E-state index contributed by atoms with van der Waals surface area (Å²) in [5.41, 5.74) is 1.66. The Morgan fingerprint density at radius 2 is 1.96 bits per heavy atom. The Labute approximate surface area is 151 Å². The maximum Gasteiger partial charge on any atom is 0.161 e. The van der Waals surface area contributed by atoms with Gasteiger partial charge in [0.15, 0.2) is 11.6 Å². The molecule has 3 saturated carbocycles. The van der Waals surface area contributed by atoms with Crippen molar-refractivity contribution in [2.24, 2.45) is 40.4 Å². The molecule has 0 spiro atoms. The van der Waals surface area contributed by atoms with Gasteiger partial charge in [-0.05, 0) is 79.1 Å². The number of carbonyl (C=O) groups excluding carboxylic acids is 2. The molecule has 4 aliphatic carbocycles. The predicted octanol–water partition coefficient (Wildman–Crippen LogP) is 3.94. The van der Waals surface area contributed by atoms with Crippen molar-refractivity contribution in [1.82, 2.24) is 0 Å². The average molecular weight is 344 g/mol. The van der Waals surface area contributed by atoms with E-state index in [-0.39, 0.29) is 29.1 Å². The van der Waals surface area contributed by atoms with Gasteiger partial charge >= 0.3 is 0 Å². The number of aliphatic hydroxyl groups is 1. The summed E-state index contributed by atoms with van der Waals surface area (Å²) in [5, 5.41) is 9.41. The molecule has 0 bridgehead atoms. The Morgan fingerprint density at radius 1 is 1.20 bits per heavy atom. The van der Waals surface area contributed by atoms with Gasteiger partial charge in [0, 0.05) is 12.3 Å². The van der Waals surface area contributed by atoms with Gasteiger partial charge in [0.2, 0.25) is 0 Å². The number of ketones is 2. The summed E-state index contributed by atoms with van der Waals surface area (Å²) in [6.07, 6.45) is 9.20. The molecule has 0 amide bonds. The van der Waals surface area contributed by atoms with E-state index in [0.717, 1.165) is 25.7 Å². The normalized spacial score (nSPS) is 49.0. The van der Waals surface area contributed by atoms with Crippen LogP contribution in [-0.4, -0.2) is 23.3 Å². The highest BCUT2D eigenvalue weighted by molar-refractivity contribution is 5.91. The fourth-order valence-corrected chi connectivity index (χ4v) is 7.62. The molecule has 0 saturated heterocycles. The molecular formula is C22H32O3. The molecule has 138 valence electrons. The molecule has 3 heteroatoms. The second kappa shape index (κ2) is 5.77. The number of allylic oxidation sites excluding steroid dienone is 1. The Morgan fingerprint density at radius 3 is 2.68 bits per heavy atom. The van der Waals surface area contributed by atoms with Crippen LogP contribution in [-0.2, 0) is 9.59 Å². The van der Waals surface area contributed by atoms with Gasteiger partial charge in [-0.3, -0.25) is 9.59 Å². The van der Waals surface area contributed by atoms with E-state index in [9.17, 15) is 14.7 Å². The van der Waals surface area contributed by atoms with Crippen LogP contribution in [0.3, 0.4) is 0 Å². The summed E-state index contributed by atoms with van der Waals surface area (Å²) in [4.78, 5) is 24.3. The minimum Gasteiger partial charge on any atom is -0.389 e. The molecule has 0 aliphatic heterocycles. The van der Waals surface area contributed by atoms with E-state index >= 15 is 0 Å². The summed E-state index contributed by atoms with van der Waals surface area (Å²) >= 11 is 0. The third-order valence-electron chi connectivity index (χ3n) is 8.82. The number of Topliss-reactive ketones (excluding diaryl/α,β-unsaturated/α-hetero) is 1. The molecule has 0 unspecified atom stereocenters. The smallest absolute Gasteiger partial charge is 0.161 e. The monoisotopic (exact) mass is 344 g/mol. The number of hydrogen-bond acceptors (Lipinski definition) is 3. The van der Waals surface area contributed by atoms with Crippen LogP contribution in [0.2, 0.25) is 0 Å². The van der Waals surface area contributed by atoms with Gasteiger partial charge in [-0.25, -0.2) is 0 Å². The molecule has 4 rings (SSSR count). The van der Waals surface area contributed by atoms with Gasteiger partial charge in [0.25, 0.3) is 0 Å². The van der Waals surface area contributed by atoms with Crippen LogP contribution in [0.15, 0.2) is 11.6 Å². The Kier molecular flexibility index (Phi) is 4.03. The molecule has 1 N–H and O–H groups in total. The first-order valence-electron chi connectivity index (χ1n) is 10.2. The van der Waals surface area contributed by atoms with E-state index in [4.69, 9.17) is 0 Å². The number of aliphatic hydroxyl groups excluding tert-OH is 1. The summed E-state index contributed by atoms with van der Waals surface area (Å²) in [5.74, 6) is 2.83. The quantitative estimate of drug-likeness (QED) is 0.825. The highest BCUT2D eigenvalue weighted by atomic mass is 16.3. The van der Waals surface area contributed by atoms with Gasteiger partial charge in [-0.2, -0.15) is 0 Å². The van der Waals surface area contributed by atoms with E-state index in [1.165, 1.54) is 18.4 Å². The molecule has 3 fully saturated rings. The zero-order valence-electron chi connectivity index (χ0n) is 15.9. The van der Waals surface area contributed by atoms with Gasteiger partial charge in [-0.1, -0.05) is 26.3 Å². The van der Waals surface area contributed by atoms with E-state index in [1.807, 2.05) is 6.08 Å². The zero-order chi connectivity index (χ0) is 18.0. The lowest BCUT2D eigenvalue weighted by atomic mass is 9.45. The molecule has 0 radical (unpaired) electrons. The van der Waals surface area contributed by atoms with Crippen molar-refractivity contribution < 1.29 is 14.7 Å². The summed E-state index contributed by atoms with van der Waals surface area (Å²) in [7, 11) is 0. The topological polar surface area (TPSA) is 54.4 Å². The van der Waals surface area contributed by atoms with Gasteiger partial charge in [0.05, 0.1) is 0 Å². The Balaban J connectivity index is 1.68. The SMILES string of the molecule is C[C@H]1C[C@H]2[C@@H]3CC[C@H](C(=O)CO)[C@@]3(C)CC[C@@H]2[C@@]2(C)CCC(=O)C=C12. The maximum atomic E-state index is 12.3. The number of fused-ring (bicyclic) bond motifs is 5. The summed E-state index contributed by atoms with van der Waals surface area (Å²) < 4.78 is 0. The lowest BCUT2D eigenvalue weighted by Crippen LogP contribution is -2.52. The number of carbonyl (C=O) groups is 2. The largest absolute Gasteiger partial charge is 0.389 e. The first kappa shape index (κ1) is 17.5. The van der Waals surface area contributed by atoms with Crippen LogP contribution in [0, 0.1) is 40.4 Å². The molecule has 0 heterocycles. The van der Waals surface area contributed by atoms with E-state index in [1.54, 1.807) is 0 Å². The molecule has 7 atom stereocenters. The van der Waals surface area contributed by atoms with Crippen molar-refractivity contribution in [3.63, 3.8) is 0 Å². The lowest BCUT2D eigenvalue weighted by molar-refractivity contribution is -0.133. The van der Waals surface area contributed by atoms with Crippen molar-refractivity contribution in [2.75, 3.05) is 6.61 Å². The number of rotatable bonds is 2. The van der Waals surface area contributed by atoms with Crippen LogP contribution in [0.4, 0.5) is 0 Å². The van der Waals surface area contributed by atoms with Crippen molar-refractivity contribution in [1.29, 1.82) is 0 Å². The van der Waals surface area contributed by atoms with Crippen LogP contribution in [0.1, 0.15) is 65.7 Å². The minimum absolute atomic E-state index is 0.0523. The molecule has 0 aromatic carbocycles.